The second kappa shape index (κ2) is 8.55. The number of amides is 1. The van der Waals surface area contributed by atoms with E-state index in [0.717, 1.165) is 29.5 Å². The van der Waals surface area contributed by atoms with E-state index in [0.29, 0.717) is 41.4 Å². The van der Waals surface area contributed by atoms with Gasteiger partial charge in [-0.3, -0.25) is 4.79 Å². The molecule has 8 heteroatoms. The monoisotopic (exact) mass is 443 g/mol. The first-order valence-electron chi connectivity index (χ1n) is 10.9. The lowest BCUT2D eigenvalue weighted by molar-refractivity contribution is 0.0715. The number of nitrogens with two attached hydrogens (primary N) is 1. The van der Waals surface area contributed by atoms with Gasteiger partial charge in [0.15, 0.2) is 0 Å². The number of aromatic nitrogens is 3. The number of aromatic amines is 1. The third-order valence-electron chi connectivity index (χ3n) is 6.08. The third-order valence-corrected chi connectivity index (χ3v) is 6.08. The van der Waals surface area contributed by atoms with Crippen molar-refractivity contribution in [3.05, 3.63) is 60.3 Å². The summed E-state index contributed by atoms with van der Waals surface area (Å²) in [6.07, 6.45) is 3.30. The Hall–Kier alpha value is -3.91. The molecule has 8 nitrogen and oxygen atoms in total. The molecule has 4 N–H and O–H groups in total. The Kier molecular flexibility index (Phi) is 5.43. The number of ether oxygens (including phenoxy) is 1. The molecule has 0 radical (unpaired) electrons. The van der Waals surface area contributed by atoms with Gasteiger partial charge < -0.3 is 25.5 Å². The van der Waals surface area contributed by atoms with Crippen LogP contribution in [0.4, 0.5) is 0 Å². The van der Waals surface area contributed by atoms with Crippen LogP contribution in [-0.2, 0) is 0 Å². The Balaban J connectivity index is 1.49. The molecule has 1 saturated heterocycles. The number of phenols is 1. The van der Waals surface area contributed by atoms with E-state index in [1.807, 2.05) is 35.2 Å². The number of methoxy groups -OCH3 is 1. The first-order chi connectivity index (χ1) is 16.0. The highest BCUT2D eigenvalue weighted by atomic mass is 16.5. The molecule has 1 fully saturated rings. The Labute approximate surface area is 191 Å². The van der Waals surface area contributed by atoms with Crippen LogP contribution in [0.25, 0.3) is 33.5 Å². The zero-order valence-electron chi connectivity index (χ0n) is 18.3. The molecule has 168 valence electrons. The first-order valence-corrected chi connectivity index (χ1v) is 10.9. The van der Waals surface area contributed by atoms with E-state index < -0.39 is 0 Å². The van der Waals surface area contributed by atoms with Gasteiger partial charge in [0.25, 0.3) is 5.91 Å². The van der Waals surface area contributed by atoms with Crippen molar-refractivity contribution in [3.8, 4) is 34.1 Å². The fourth-order valence-electron chi connectivity index (χ4n) is 4.22. The van der Waals surface area contributed by atoms with Gasteiger partial charge in [0, 0.05) is 36.5 Å². The summed E-state index contributed by atoms with van der Waals surface area (Å²) < 4.78 is 5.38. The second-order valence-electron chi connectivity index (χ2n) is 8.24. The van der Waals surface area contributed by atoms with Crippen LogP contribution in [0.1, 0.15) is 23.2 Å². The van der Waals surface area contributed by atoms with Crippen LogP contribution in [0.3, 0.4) is 0 Å². The van der Waals surface area contributed by atoms with Crippen molar-refractivity contribution in [2.45, 2.75) is 18.9 Å². The number of hydrogen-bond donors (Lipinski definition) is 3. The molecule has 0 bridgehead atoms. The summed E-state index contributed by atoms with van der Waals surface area (Å²) >= 11 is 0. The summed E-state index contributed by atoms with van der Waals surface area (Å²) in [5.41, 5.74) is 10.2. The molecular formula is C25H25N5O3. The number of aromatic hydroxyl groups is 1. The number of carbonyl (C=O) groups excluding carboxylic acids is 1. The van der Waals surface area contributed by atoms with Gasteiger partial charge in [0.2, 0.25) is 5.88 Å². The number of carbonyl (C=O) groups is 1. The number of nitrogens with one attached hydrogen (secondary N) is 1. The van der Waals surface area contributed by atoms with Gasteiger partial charge in [-0.15, -0.1) is 0 Å². The van der Waals surface area contributed by atoms with E-state index in [4.69, 9.17) is 10.5 Å². The SMILES string of the molecule is COc1ncccc1-c1ccc(O)c(-c2nc3cc(C(=O)N4CCC(N)CC4)ccc3[nH]2)c1. The van der Waals surface area contributed by atoms with Crippen molar-refractivity contribution in [1.29, 1.82) is 0 Å². The van der Waals surface area contributed by atoms with Crippen LogP contribution < -0.4 is 10.5 Å². The minimum absolute atomic E-state index is 0.0122. The fourth-order valence-corrected chi connectivity index (χ4v) is 4.22. The van der Waals surface area contributed by atoms with E-state index in [-0.39, 0.29) is 17.7 Å². The number of H-pyrrole nitrogens is 1. The summed E-state index contributed by atoms with van der Waals surface area (Å²) in [6.45, 7) is 1.34. The number of benzene rings is 2. The standard InChI is InChI=1S/C25H25N5O3/c1-33-24-18(3-2-10-27-24)15-5-7-22(31)19(13-15)23-28-20-6-4-16(14-21(20)29-23)25(32)30-11-8-17(26)9-12-30/h2-7,10,13-14,17,31H,8-9,11-12,26H2,1H3,(H,28,29). The second-order valence-corrected chi connectivity index (χ2v) is 8.24. The van der Waals surface area contributed by atoms with Gasteiger partial charge >= 0.3 is 0 Å². The lowest BCUT2D eigenvalue weighted by Gasteiger charge is -2.30. The van der Waals surface area contributed by atoms with Crippen LogP contribution in [0.2, 0.25) is 0 Å². The van der Waals surface area contributed by atoms with Gasteiger partial charge in [-0.2, -0.15) is 0 Å². The predicted molar refractivity (Wildman–Crippen MR) is 126 cm³/mol. The number of imidazole rings is 1. The maximum absolute atomic E-state index is 12.9. The first kappa shape index (κ1) is 21.0. The van der Waals surface area contributed by atoms with Gasteiger partial charge in [-0.05, 0) is 60.9 Å². The highest BCUT2D eigenvalue weighted by molar-refractivity contribution is 5.98. The highest BCUT2D eigenvalue weighted by Crippen LogP contribution is 2.35. The Bertz CT molecular complexity index is 1320. The average molecular weight is 444 g/mol. The molecule has 0 unspecified atom stereocenters. The molecule has 5 rings (SSSR count). The molecule has 3 heterocycles. The van der Waals surface area contributed by atoms with Crippen LogP contribution in [0.15, 0.2) is 54.7 Å². The smallest absolute Gasteiger partial charge is 0.253 e. The normalized spacial score (nSPS) is 14.5. The van der Waals surface area contributed by atoms with Crippen molar-refractivity contribution in [2.24, 2.45) is 5.73 Å². The van der Waals surface area contributed by atoms with E-state index in [9.17, 15) is 9.90 Å². The summed E-state index contributed by atoms with van der Waals surface area (Å²) in [5.74, 6) is 1.10. The number of fused-ring (bicyclic) bond motifs is 1. The molecule has 1 aliphatic heterocycles. The van der Waals surface area contributed by atoms with Crippen molar-refractivity contribution in [1.82, 2.24) is 19.9 Å². The van der Waals surface area contributed by atoms with Gasteiger partial charge in [-0.25, -0.2) is 9.97 Å². The van der Waals surface area contributed by atoms with Gasteiger partial charge in [0.1, 0.15) is 11.6 Å². The zero-order valence-corrected chi connectivity index (χ0v) is 18.3. The molecule has 1 aliphatic rings. The van der Waals surface area contributed by atoms with E-state index >= 15 is 0 Å². The summed E-state index contributed by atoms with van der Waals surface area (Å²) in [7, 11) is 1.57. The minimum atomic E-state index is -0.0122. The molecule has 33 heavy (non-hydrogen) atoms. The number of pyridine rings is 1. The molecule has 0 spiro atoms. The quantitative estimate of drug-likeness (QED) is 0.444. The van der Waals surface area contributed by atoms with Crippen molar-refractivity contribution in [3.63, 3.8) is 0 Å². The zero-order chi connectivity index (χ0) is 22.9. The predicted octanol–water partition coefficient (Wildman–Crippen LogP) is 3.57. The van der Waals surface area contributed by atoms with Gasteiger partial charge in [-0.1, -0.05) is 6.07 Å². The number of rotatable bonds is 4. The van der Waals surface area contributed by atoms with Crippen LogP contribution in [0, 0.1) is 0 Å². The van der Waals surface area contributed by atoms with Crippen molar-refractivity contribution < 1.29 is 14.6 Å². The lowest BCUT2D eigenvalue weighted by atomic mass is 10.0. The van der Waals surface area contributed by atoms with E-state index in [1.54, 1.807) is 31.5 Å². The van der Waals surface area contributed by atoms with Crippen LogP contribution >= 0.6 is 0 Å². The summed E-state index contributed by atoms with van der Waals surface area (Å²) in [4.78, 5) is 26.9. The Morgan fingerprint density at radius 1 is 1.15 bits per heavy atom. The molecular weight excluding hydrogens is 418 g/mol. The summed E-state index contributed by atoms with van der Waals surface area (Å²) in [6, 6.07) is 14.6. The Morgan fingerprint density at radius 3 is 2.76 bits per heavy atom. The molecule has 0 atom stereocenters. The van der Waals surface area contributed by atoms with Crippen molar-refractivity contribution >= 4 is 16.9 Å². The van der Waals surface area contributed by atoms with Crippen LogP contribution in [-0.4, -0.2) is 57.1 Å². The molecule has 0 saturated carbocycles. The van der Waals surface area contributed by atoms with Crippen molar-refractivity contribution in [2.75, 3.05) is 20.2 Å². The molecule has 4 aromatic rings. The molecule has 1 amide bonds. The lowest BCUT2D eigenvalue weighted by Crippen LogP contribution is -2.42. The fraction of sp³-hybridized carbons (Fsp3) is 0.240. The Morgan fingerprint density at radius 2 is 1.97 bits per heavy atom. The largest absolute Gasteiger partial charge is 0.507 e. The number of nitrogens with zero attached hydrogens (tertiary/aromatic N) is 3. The third kappa shape index (κ3) is 4.01. The van der Waals surface area contributed by atoms with E-state index in [1.165, 1.54) is 0 Å². The summed E-state index contributed by atoms with van der Waals surface area (Å²) in [5, 5.41) is 10.5. The number of likely N-dealkylation sites (tertiary alicyclic amines) is 1. The topological polar surface area (TPSA) is 117 Å². The molecule has 0 aliphatic carbocycles. The number of hydrogen-bond acceptors (Lipinski definition) is 6. The van der Waals surface area contributed by atoms with Crippen LogP contribution in [0.5, 0.6) is 11.6 Å². The van der Waals surface area contributed by atoms with E-state index in [2.05, 4.69) is 15.0 Å². The maximum Gasteiger partial charge on any atom is 0.253 e. The minimum Gasteiger partial charge on any atom is -0.507 e. The average Bonchev–Trinajstić information content (AvgIpc) is 3.27. The molecule has 2 aromatic carbocycles. The highest BCUT2D eigenvalue weighted by Gasteiger charge is 2.22. The number of phenolic OH excluding ortho intramolecular Hbond substituents is 1. The molecule has 2 aromatic heterocycles. The maximum atomic E-state index is 12.9. The number of piperidine rings is 1. The van der Waals surface area contributed by atoms with Gasteiger partial charge in [0.05, 0.1) is 23.7 Å².